The van der Waals surface area contributed by atoms with Crippen LogP contribution in [-0.4, -0.2) is 60.1 Å². The van der Waals surface area contributed by atoms with E-state index < -0.39 is 29.8 Å². The molecule has 0 aliphatic heterocycles. The van der Waals surface area contributed by atoms with Crippen LogP contribution in [0.1, 0.15) is 97.8 Å². The number of hydrogen-bond donors (Lipinski definition) is 4. The van der Waals surface area contributed by atoms with Crippen LogP contribution in [0.25, 0.3) is 0 Å². The minimum absolute atomic E-state index is 0.00162. The summed E-state index contributed by atoms with van der Waals surface area (Å²) in [6, 6.07) is 0.659. The first-order chi connectivity index (χ1) is 16.6. The number of carbonyl (C=O) groups excluding carboxylic acids is 2. The molecule has 202 valence electrons. The molecule has 0 bridgehead atoms. The third kappa shape index (κ3) is 16.1. The molecule has 2 aliphatic rings. The van der Waals surface area contributed by atoms with Gasteiger partial charge in [0, 0.05) is 18.6 Å². The van der Waals surface area contributed by atoms with E-state index >= 15 is 0 Å². The minimum atomic E-state index is -1.17. The maximum Gasteiger partial charge on any atom is 0.408 e. The molecule has 0 aromatic carbocycles. The Morgan fingerprint density at radius 2 is 1.51 bits per heavy atom. The number of rotatable bonds is 10. The Balaban J connectivity index is 0.000000394. The zero-order chi connectivity index (χ0) is 26.1. The van der Waals surface area contributed by atoms with Gasteiger partial charge in [-0.05, 0) is 59.3 Å². The molecule has 0 radical (unpaired) electrons. The van der Waals surface area contributed by atoms with Crippen LogP contribution in [0.3, 0.4) is 0 Å². The maximum atomic E-state index is 11.4. The highest BCUT2D eigenvalue weighted by Crippen LogP contribution is 2.22. The second-order valence-corrected chi connectivity index (χ2v) is 10.3. The van der Waals surface area contributed by atoms with Crippen LogP contribution in [-0.2, 0) is 14.3 Å². The minimum Gasteiger partial charge on any atom is -0.480 e. The van der Waals surface area contributed by atoms with Crippen molar-refractivity contribution in [1.29, 1.82) is 0 Å². The van der Waals surface area contributed by atoms with Crippen molar-refractivity contribution >= 4 is 18.2 Å². The molecule has 2 aliphatic carbocycles. The van der Waals surface area contributed by atoms with Crippen molar-refractivity contribution < 1.29 is 29.0 Å². The van der Waals surface area contributed by atoms with Gasteiger partial charge in [-0.3, -0.25) is 0 Å². The van der Waals surface area contributed by atoms with E-state index in [0.29, 0.717) is 6.42 Å². The Morgan fingerprint density at radius 1 is 0.971 bits per heavy atom. The van der Waals surface area contributed by atoms with Crippen LogP contribution >= 0.6 is 0 Å². The lowest BCUT2D eigenvalue weighted by molar-refractivity contribution is -0.139. The molecule has 0 unspecified atom stereocenters. The maximum absolute atomic E-state index is 11.4. The highest BCUT2D eigenvalue weighted by atomic mass is 16.6. The van der Waals surface area contributed by atoms with Crippen molar-refractivity contribution in [3.8, 4) is 0 Å². The van der Waals surface area contributed by atoms with Crippen LogP contribution in [0, 0.1) is 0 Å². The molecule has 4 N–H and O–H groups in total. The van der Waals surface area contributed by atoms with Crippen molar-refractivity contribution in [2.75, 3.05) is 13.2 Å². The quantitative estimate of drug-likeness (QED) is 0.250. The number of amides is 2. The van der Waals surface area contributed by atoms with Crippen molar-refractivity contribution in [3.05, 3.63) is 12.7 Å². The fraction of sp³-hybridized carbons (Fsp3) is 0.808. The second-order valence-electron chi connectivity index (χ2n) is 10.3. The first kappa shape index (κ1) is 30.7. The Morgan fingerprint density at radius 3 is 1.97 bits per heavy atom. The van der Waals surface area contributed by atoms with Gasteiger partial charge in [0.05, 0.1) is 0 Å². The number of nitrogens with one attached hydrogen (secondary N) is 3. The average molecular weight is 498 g/mol. The zero-order valence-corrected chi connectivity index (χ0v) is 21.9. The summed E-state index contributed by atoms with van der Waals surface area (Å²) >= 11 is 0. The van der Waals surface area contributed by atoms with Gasteiger partial charge in [-0.1, -0.05) is 51.2 Å². The smallest absolute Gasteiger partial charge is 0.408 e. The molecular weight excluding hydrogens is 450 g/mol. The normalized spacial score (nSPS) is 17.8. The van der Waals surface area contributed by atoms with E-state index in [1.54, 1.807) is 20.8 Å². The molecule has 2 saturated carbocycles. The van der Waals surface area contributed by atoms with E-state index in [2.05, 4.69) is 27.3 Å². The predicted molar refractivity (Wildman–Crippen MR) is 136 cm³/mol. The van der Waals surface area contributed by atoms with Gasteiger partial charge >= 0.3 is 18.2 Å². The Kier molecular flexibility index (Phi) is 15.1. The number of aliphatic carboxylic acids is 1. The van der Waals surface area contributed by atoms with Crippen molar-refractivity contribution in [2.24, 2.45) is 0 Å². The zero-order valence-electron chi connectivity index (χ0n) is 21.9. The van der Waals surface area contributed by atoms with Crippen molar-refractivity contribution in [1.82, 2.24) is 16.0 Å². The largest absolute Gasteiger partial charge is 0.480 e. The first-order valence-electron chi connectivity index (χ1n) is 13.1. The third-order valence-electron chi connectivity index (χ3n) is 5.94. The summed E-state index contributed by atoms with van der Waals surface area (Å²) < 4.78 is 9.69. The van der Waals surface area contributed by atoms with Crippen LogP contribution in [0.4, 0.5) is 9.59 Å². The molecule has 1 atom stereocenters. The molecule has 9 heteroatoms. The number of carboxylic acid groups (broad SMARTS) is 1. The van der Waals surface area contributed by atoms with Crippen LogP contribution < -0.4 is 16.0 Å². The lowest BCUT2D eigenvalue weighted by atomic mass is 9.91. The molecule has 0 saturated heterocycles. The lowest BCUT2D eigenvalue weighted by Gasteiger charge is -2.30. The summed E-state index contributed by atoms with van der Waals surface area (Å²) in [6.45, 7) is 8.84. The molecule has 9 nitrogen and oxygen atoms in total. The lowest BCUT2D eigenvalue weighted by Crippen LogP contribution is -2.41. The van der Waals surface area contributed by atoms with E-state index in [1.165, 1.54) is 70.3 Å². The fourth-order valence-electron chi connectivity index (χ4n) is 4.26. The number of ether oxygens (including phenoxy) is 2. The van der Waals surface area contributed by atoms with Gasteiger partial charge in [0.25, 0.3) is 0 Å². The van der Waals surface area contributed by atoms with Gasteiger partial charge in [-0.15, -0.1) is 0 Å². The Labute approximate surface area is 210 Å². The van der Waals surface area contributed by atoms with Crippen LogP contribution in [0.15, 0.2) is 12.7 Å². The van der Waals surface area contributed by atoms with Crippen molar-refractivity contribution in [3.63, 3.8) is 0 Å². The van der Waals surface area contributed by atoms with Gasteiger partial charge < -0.3 is 30.5 Å². The Bertz CT molecular complexity index is 621. The summed E-state index contributed by atoms with van der Waals surface area (Å²) in [4.78, 5) is 33.7. The van der Waals surface area contributed by atoms with Gasteiger partial charge in [0.1, 0.15) is 18.2 Å². The standard InChI is InChI=1S/C14H24N2O6.C12H23N/c1-5-9-21-13(20)16-10(11(17)18)7-6-8-15-12(19)22-14(2,3)4;1-3-7-11(8-4-1)13-12-9-5-2-6-10-12/h5,10H,1,6-9H2,2-4H3,(H,15,19)(H,16,20)(H,17,18);11-13H,1-10H2/t10-;/m0./s1. The van der Waals surface area contributed by atoms with Gasteiger partial charge in [-0.2, -0.15) is 0 Å². The summed E-state index contributed by atoms with van der Waals surface area (Å²) in [7, 11) is 0. The molecule has 2 amide bonds. The summed E-state index contributed by atoms with van der Waals surface area (Å²) in [5.74, 6) is -1.17. The van der Waals surface area contributed by atoms with E-state index in [0.717, 1.165) is 12.1 Å². The summed E-state index contributed by atoms with van der Waals surface area (Å²) in [6.07, 6.45) is 15.0. The predicted octanol–water partition coefficient (Wildman–Crippen LogP) is 4.90. The molecule has 0 aromatic heterocycles. The Hall–Kier alpha value is -2.29. The fourth-order valence-corrected chi connectivity index (χ4v) is 4.26. The highest BCUT2D eigenvalue weighted by Gasteiger charge is 2.21. The number of hydrogen-bond acceptors (Lipinski definition) is 6. The van der Waals surface area contributed by atoms with Crippen LogP contribution in [0.5, 0.6) is 0 Å². The first-order valence-corrected chi connectivity index (χ1v) is 13.1. The summed E-state index contributed by atoms with van der Waals surface area (Å²) in [5, 5.41) is 17.6. The molecule has 2 fully saturated rings. The molecular formula is C26H47N3O6. The molecule has 35 heavy (non-hydrogen) atoms. The molecule has 0 spiro atoms. The number of carboxylic acids is 1. The molecule has 2 rings (SSSR count). The van der Waals surface area contributed by atoms with E-state index in [1.807, 2.05) is 0 Å². The number of alkyl carbamates (subject to hydrolysis) is 2. The third-order valence-corrected chi connectivity index (χ3v) is 5.94. The van der Waals surface area contributed by atoms with Gasteiger partial charge in [-0.25, -0.2) is 14.4 Å². The van der Waals surface area contributed by atoms with Crippen molar-refractivity contribution in [2.45, 2.75) is 122 Å². The summed E-state index contributed by atoms with van der Waals surface area (Å²) in [5.41, 5.74) is -0.593. The average Bonchev–Trinajstić information content (AvgIpc) is 2.80. The van der Waals surface area contributed by atoms with E-state index in [4.69, 9.17) is 9.84 Å². The van der Waals surface area contributed by atoms with E-state index in [9.17, 15) is 14.4 Å². The van der Waals surface area contributed by atoms with Gasteiger partial charge in [0.15, 0.2) is 0 Å². The van der Waals surface area contributed by atoms with E-state index in [-0.39, 0.29) is 19.6 Å². The SMILES string of the molecule is C1CCC(NC2CCCCC2)CC1.C=CCOC(=O)N[C@@H](CCCNC(=O)OC(C)(C)C)C(=O)O. The van der Waals surface area contributed by atoms with Gasteiger partial charge in [0.2, 0.25) is 0 Å². The van der Waals surface area contributed by atoms with Crippen LogP contribution in [0.2, 0.25) is 0 Å². The topological polar surface area (TPSA) is 126 Å². The molecule has 0 heterocycles. The monoisotopic (exact) mass is 497 g/mol. The second kappa shape index (κ2) is 17.2. The highest BCUT2D eigenvalue weighted by molar-refractivity contribution is 5.79. The molecule has 0 aromatic rings. The number of carbonyl (C=O) groups is 3.